The molecular formula is C24H32F3N3O2S. The molecule has 0 amide bonds. The highest BCUT2D eigenvalue weighted by Gasteiger charge is 2.40. The third kappa shape index (κ3) is 4.68. The Bertz CT molecular complexity index is 1110. The summed E-state index contributed by atoms with van der Waals surface area (Å²) in [5.74, 6) is 1.75. The number of nitrogens with zero attached hydrogens (tertiary/aromatic N) is 2. The Morgan fingerprint density at radius 2 is 1.82 bits per heavy atom. The number of halogens is 3. The molecule has 0 spiro atoms. The van der Waals surface area contributed by atoms with Crippen molar-refractivity contribution >= 4 is 20.7 Å². The lowest BCUT2D eigenvalue weighted by atomic mass is 9.68. The van der Waals surface area contributed by atoms with Gasteiger partial charge in [0.05, 0.1) is 17.1 Å². The molecule has 1 unspecified atom stereocenters. The van der Waals surface area contributed by atoms with E-state index in [-0.39, 0.29) is 17.4 Å². The molecule has 5 rings (SSSR count). The number of piperidine rings is 1. The fourth-order valence-electron chi connectivity index (χ4n) is 6.22. The van der Waals surface area contributed by atoms with Crippen LogP contribution in [0.2, 0.25) is 0 Å². The molecule has 2 fully saturated rings. The third-order valence-electron chi connectivity index (χ3n) is 8.09. The maximum atomic E-state index is 13.3. The van der Waals surface area contributed by atoms with Crippen LogP contribution < -0.4 is 0 Å². The third-order valence-corrected chi connectivity index (χ3v) is 9.70. The van der Waals surface area contributed by atoms with Crippen LogP contribution in [0.25, 0.3) is 10.9 Å². The highest BCUT2D eigenvalue weighted by Crippen LogP contribution is 2.46. The Kier molecular flexibility index (Phi) is 6.02. The van der Waals surface area contributed by atoms with Gasteiger partial charge >= 0.3 is 6.18 Å². The maximum Gasteiger partial charge on any atom is 0.416 e. The van der Waals surface area contributed by atoms with Crippen LogP contribution in [0.5, 0.6) is 0 Å². The van der Waals surface area contributed by atoms with Gasteiger partial charge in [-0.05, 0) is 80.4 Å². The van der Waals surface area contributed by atoms with E-state index in [9.17, 15) is 21.6 Å². The molecule has 2 aromatic rings. The molecule has 33 heavy (non-hydrogen) atoms. The van der Waals surface area contributed by atoms with Crippen LogP contribution in [0.3, 0.4) is 0 Å². The smallest absolute Gasteiger partial charge is 0.358 e. The molecule has 182 valence electrons. The number of hydrogen-bond acceptors (Lipinski definition) is 4. The summed E-state index contributed by atoms with van der Waals surface area (Å²) in [6, 6.07) is 4.06. The number of rotatable bonds is 4. The number of fused-ring (bicyclic) bond motifs is 4. The lowest BCUT2D eigenvalue weighted by Gasteiger charge is -2.44. The van der Waals surface area contributed by atoms with Crippen LogP contribution in [0.1, 0.15) is 42.5 Å². The predicted octanol–water partition coefficient (Wildman–Crippen LogP) is 3.90. The quantitative estimate of drug-likeness (QED) is 0.717. The Morgan fingerprint density at radius 3 is 2.55 bits per heavy atom. The van der Waals surface area contributed by atoms with Gasteiger partial charge in [-0.15, -0.1) is 0 Å². The van der Waals surface area contributed by atoms with Gasteiger partial charge in [0.25, 0.3) is 0 Å². The summed E-state index contributed by atoms with van der Waals surface area (Å²) < 4.78 is 63.1. The molecule has 0 bridgehead atoms. The number of benzene rings is 1. The lowest BCUT2D eigenvalue weighted by Crippen LogP contribution is -2.46. The molecule has 0 radical (unpaired) electrons. The zero-order chi connectivity index (χ0) is 23.4. The second-order valence-electron chi connectivity index (χ2n) is 10.1. The monoisotopic (exact) mass is 483 g/mol. The van der Waals surface area contributed by atoms with Crippen molar-refractivity contribution in [3.63, 3.8) is 0 Å². The highest BCUT2D eigenvalue weighted by atomic mass is 32.2. The number of hydrogen-bond donors (Lipinski definition) is 1. The van der Waals surface area contributed by atoms with Crippen molar-refractivity contribution in [2.75, 3.05) is 50.8 Å². The molecule has 9 heteroatoms. The molecule has 3 heterocycles. The van der Waals surface area contributed by atoms with E-state index in [1.165, 1.54) is 12.1 Å². The first-order chi connectivity index (χ1) is 15.6. The second kappa shape index (κ2) is 8.57. The largest absolute Gasteiger partial charge is 0.416 e. The van der Waals surface area contributed by atoms with E-state index in [1.807, 2.05) is 0 Å². The van der Waals surface area contributed by atoms with Crippen molar-refractivity contribution < 1.29 is 21.6 Å². The summed E-state index contributed by atoms with van der Waals surface area (Å²) in [4.78, 5) is 8.16. The van der Waals surface area contributed by atoms with E-state index < -0.39 is 21.6 Å². The molecule has 1 aliphatic carbocycles. The molecule has 0 saturated carbocycles. The standard InChI is InChI=1S/C24H32F3N3O2S/c1-16-20-15-30(7-2-6-29-9-11-33(31,32)12-10-29)8-5-17(20)13-22-23(16)19-14-18(24(25,26)27)3-4-21(19)28-22/h3-4,14,16-17,20,28H,2,5-13,15H2,1H3/t16-,17?,20-/m1/s1. The van der Waals surface area contributed by atoms with E-state index in [0.29, 0.717) is 24.9 Å². The fourth-order valence-corrected chi connectivity index (χ4v) is 7.49. The maximum absolute atomic E-state index is 13.3. The first kappa shape index (κ1) is 23.2. The first-order valence-electron chi connectivity index (χ1n) is 12.0. The first-order valence-corrected chi connectivity index (χ1v) is 13.8. The highest BCUT2D eigenvalue weighted by molar-refractivity contribution is 7.91. The van der Waals surface area contributed by atoms with Crippen LogP contribution >= 0.6 is 0 Å². The molecule has 1 aromatic carbocycles. The summed E-state index contributed by atoms with van der Waals surface area (Å²) in [6.07, 6.45) is -1.30. The minimum Gasteiger partial charge on any atom is -0.358 e. The number of sulfone groups is 1. The van der Waals surface area contributed by atoms with Gasteiger partial charge in [-0.25, -0.2) is 8.42 Å². The minimum absolute atomic E-state index is 0.214. The fraction of sp³-hybridized carbons (Fsp3) is 0.667. The summed E-state index contributed by atoms with van der Waals surface area (Å²) in [5.41, 5.74) is 2.42. The van der Waals surface area contributed by atoms with Gasteiger partial charge in [0, 0.05) is 36.2 Å². The molecule has 1 aromatic heterocycles. The van der Waals surface area contributed by atoms with Crippen molar-refractivity contribution in [3.05, 3.63) is 35.0 Å². The van der Waals surface area contributed by atoms with Crippen LogP contribution in [0.4, 0.5) is 13.2 Å². The van der Waals surface area contributed by atoms with Crippen molar-refractivity contribution in [3.8, 4) is 0 Å². The number of H-pyrrole nitrogens is 1. The lowest BCUT2D eigenvalue weighted by molar-refractivity contribution is -0.137. The van der Waals surface area contributed by atoms with Crippen LogP contribution in [-0.4, -0.2) is 74.0 Å². The second-order valence-corrected chi connectivity index (χ2v) is 12.4. The summed E-state index contributed by atoms with van der Waals surface area (Å²) >= 11 is 0. The van der Waals surface area contributed by atoms with Crippen molar-refractivity contribution in [2.45, 2.75) is 38.3 Å². The number of aromatic nitrogens is 1. The Morgan fingerprint density at radius 1 is 1.09 bits per heavy atom. The number of alkyl halides is 3. The van der Waals surface area contributed by atoms with Gasteiger partial charge in [-0.2, -0.15) is 13.2 Å². The molecule has 2 saturated heterocycles. The van der Waals surface area contributed by atoms with Crippen LogP contribution in [-0.2, 0) is 22.4 Å². The van der Waals surface area contributed by atoms with Crippen molar-refractivity contribution in [1.82, 2.24) is 14.8 Å². The van der Waals surface area contributed by atoms with Gasteiger partial charge in [0.15, 0.2) is 9.84 Å². The zero-order valence-corrected chi connectivity index (χ0v) is 19.8. The van der Waals surface area contributed by atoms with Gasteiger partial charge in [0.1, 0.15) is 0 Å². The summed E-state index contributed by atoms with van der Waals surface area (Å²) in [5, 5.41) is 0.725. The average molecular weight is 484 g/mol. The van der Waals surface area contributed by atoms with Gasteiger partial charge in [-0.1, -0.05) is 6.92 Å². The Balaban J connectivity index is 1.25. The number of likely N-dealkylation sites (tertiary alicyclic amines) is 1. The van der Waals surface area contributed by atoms with E-state index in [2.05, 4.69) is 21.7 Å². The molecule has 3 atom stereocenters. The molecular weight excluding hydrogens is 451 g/mol. The SMILES string of the molecule is C[C@H]1c2c([nH]c3ccc(C(F)(F)F)cc23)CC2CCN(CCCN3CCS(=O)(=O)CC3)C[C@@H]21. The van der Waals surface area contributed by atoms with Crippen LogP contribution in [0, 0.1) is 11.8 Å². The molecule has 1 N–H and O–H groups in total. The van der Waals surface area contributed by atoms with Crippen molar-refractivity contribution in [1.29, 1.82) is 0 Å². The summed E-state index contributed by atoms with van der Waals surface area (Å²) in [6.45, 7) is 7.38. The normalized spacial score (nSPS) is 28.5. The molecule has 3 aliphatic rings. The Labute approximate surface area is 193 Å². The van der Waals surface area contributed by atoms with Gasteiger partial charge in [-0.3, -0.25) is 0 Å². The zero-order valence-electron chi connectivity index (χ0n) is 19.0. The number of aromatic amines is 1. The van der Waals surface area contributed by atoms with E-state index >= 15 is 0 Å². The molecule has 2 aliphatic heterocycles. The van der Waals surface area contributed by atoms with E-state index in [1.54, 1.807) is 6.07 Å². The predicted molar refractivity (Wildman–Crippen MR) is 123 cm³/mol. The van der Waals surface area contributed by atoms with Crippen LogP contribution in [0.15, 0.2) is 18.2 Å². The number of nitrogens with one attached hydrogen (secondary N) is 1. The summed E-state index contributed by atoms with van der Waals surface area (Å²) in [7, 11) is -2.84. The van der Waals surface area contributed by atoms with Crippen molar-refractivity contribution in [2.24, 2.45) is 11.8 Å². The molecule has 5 nitrogen and oxygen atoms in total. The Hall–Kier alpha value is -1.58. The van der Waals surface area contributed by atoms with Gasteiger partial charge < -0.3 is 14.8 Å². The van der Waals surface area contributed by atoms with E-state index in [0.717, 1.165) is 67.6 Å². The average Bonchev–Trinajstić information content (AvgIpc) is 3.12. The minimum atomic E-state index is -4.33. The van der Waals surface area contributed by atoms with E-state index in [4.69, 9.17) is 0 Å². The van der Waals surface area contributed by atoms with Gasteiger partial charge in [0.2, 0.25) is 0 Å². The topological polar surface area (TPSA) is 56.4 Å².